The zero-order valence-corrected chi connectivity index (χ0v) is 18.9. The number of aromatic nitrogens is 2. The molecule has 2 heterocycles. The minimum absolute atomic E-state index is 0.103. The number of anilines is 1. The van der Waals surface area contributed by atoms with E-state index in [0.29, 0.717) is 16.7 Å². The molecule has 0 saturated heterocycles. The van der Waals surface area contributed by atoms with Crippen LogP contribution in [0, 0.1) is 6.92 Å². The molecule has 5 nitrogen and oxygen atoms in total. The Hall–Kier alpha value is -3.42. The summed E-state index contributed by atoms with van der Waals surface area (Å²) in [5.41, 5.74) is 4.34. The fraction of sp³-hybridized carbons (Fsp3) is 0.0800. The summed E-state index contributed by atoms with van der Waals surface area (Å²) in [4.78, 5) is 22.0. The highest BCUT2D eigenvalue weighted by Gasteiger charge is 2.21. The number of nitrogens with zero attached hydrogens (tertiary/aromatic N) is 2. The number of thiazole rings is 1. The quantitative estimate of drug-likeness (QED) is 0.289. The Morgan fingerprint density at radius 1 is 1.00 bits per heavy atom. The van der Waals surface area contributed by atoms with Crippen molar-refractivity contribution in [3.8, 4) is 22.2 Å². The number of fused-ring (bicyclic) bond motifs is 1. The van der Waals surface area contributed by atoms with Crippen LogP contribution in [0.3, 0.4) is 0 Å². The Bertz CT molecular complexity index is 1360. The van der Waals surface area contributed by atoms with Crippen LogP contribution in [0.25, 0.3) is 32.4 Å². The van der Waals surface area contributed by atoms with Gasteiger partial charge in [0.25, 0.3) is 0 Å². The first-order valence-corrected chi connectivity index (χ1v) is 11.9. The third-order valence-corrected chi connectivity index (χ3v) is 6.74. The number of thioether (sulfide) groups is 1. The lowest BCUT2D eigenvalue weighted by Crippen LogP contribution is -2.13. The van der Waals surface area contributed by atoms with Crippen LogP contribution < -0.4 is 5.32 Å². The number of benzene rings is 3. The third-order valence-electron chi connectivity index (χ3n) is 4.75. The first kappa shape index (κ1) is 20.5. The van der Waals surface area contributed by atoms with E-state index in [1.165, 1.54) is 11.8 Å². The van der Waals surface area contributed by atoms with Crippen LogP contribution in [0.4, 0.5) is 5.69 Å². The van der Waals surface area contributed by atoms with E-state index in [0.717, 1.165) is 32.0 Å². The smallest absolute Gasteiger partial charge is 0.234 e. The van der Waals surface area contributed by atoms with Crippen LogP contribution in [0.15, 0.2) is 88.4 Å². The Balaban J connectivity index is 1.43. The van der Waals surface area contributed by atoms with Gasteiger partial charge < -0.3 is 9.73 Å². The van der Waals surface area contributed by atoms with Gasteiger partial charge in [-0.15, -0.1) is 11.3 Å². The van der Waals surface area contributed by atoms with Crippen LogP contribution >= 0.6 is 23.1 Å². The predicted molar refractivity (Wildman–Crippen MR) is 131 cm³/mol. The van der Waals surface area contributed by atoms with Crippen LogP contribution in [0.1, 0.15) is 5.56 Å². The van der Waals surface area contributed by atoms with Crippen molar-refractivity contribution in [1.82, 2.24) is 9.97 Å². The monoisotopic (exact) mass is 457 g/mol. The molecule has 0 atom stereocenters. The zero-order chi connectivity index (χ0) is 21.9. The largest absolute Gasteiger partial charge is 0.429 e. The molecule has 3 aromatic carbocycles. The van der Waals surface area contributed by atoms with Crippen molar-refractivity contribution in [2.75, 3.05) is 11.1 Å². The first-order chi connectivity index (χ1) is 15.7. The molecule has 5 aromatic rings. The molecule has 1 N–H and O–H groups in total. The van der Waals surface area contributed by atoms with Gasteiger partial charge in [0.05, 0.1) is 16.0 Å². The molecule has 0 unspecified atom stereocenters. The topological polar surface area (TPSA) is 68.0 Å². The molecular formula is C25H19N3O2S2. The number of hydrogen-bond donors (Lipinski definition) is 1. The van der Waals surface area contributed by atoms with Crippen molar-refractivity contribution >= 4 is 44.9 Å². The normalized spacial score (nSPS) is 11.0. The van der Waals surface area contributed by atoms with Crippen molar-refractivity contribution < 1.29 is 9.21 Å². The Kier molecular flexibility index (Phi) is 5.75. The van der Waals surface area contributed by atoms with E-state index in [1.54, 1.807) is 11.3 Å². The summed E-state index contributed by atoms with van der Waals surface area (Å²) in [6, 6.07) is 25.5. The molecule has 1 amide bonds. The molecule has 0 aliphatic heterocycles. The number of nitrogens with one attached hydrogen (secondary N) is 1. The minimum atomic E-state index is -0.103. The number of carbonyl (C=O) groups is 1. The molecule has 0 spiro atoms. The number of amides is 1. The van der Waals surface area contributed by atoms with Crippen molar-refractivity contribution in [3.63, 3.8) is 0 Å². The lowest BCUT2D eigenvalue weighted by Gasteiger charge is -2.05. The van der Waals surface area contributed by atoms with Crippen molar-refractivity contribution in [2.24, 2.45) is 0 Å². The summed E-state index contributed by atoms with van der Waals surface area (Å²) in [5, 5.41) is 4.30. The average molecular weight is 458 g/mol. The number of oxazole rings is 1. The SMILES string of the molecule is Cc1cccc(NC(=O)CSc2oc(-c3ccccc3)nc2-c2nc3ccccc3s2)c1. The van der Waals surface area contributed by atoms with Crippen LogP contribution in [0.5, 0.6) is 0 Å². The maximum absolute atomic E-state index is 12.6. The summed E-state index contributed by atoms with van der Waals surface area (Å²) < 4.78 is 7.19. The second-order valence-corrected chi connectivity index (χ2v) is 9.19. The maximum Gasteiger partial charge on any atom is 0.234 e. The van der Waals surface area contributed by atoms with E-state index >= 15 is 0 Å². The van der Waals surface area contributed by atoms with E-state index in [-0.39, 0.29) is 11.7 Å². The number of hydrogen-bond acceptors (Lipinski definition) is 6. The molecule has 0 saturated carbocycles. The van der Waals surface area contributed by atoms with E-state index in [2.05, 4.69) is 5.32 Å². The highest BCUT2D eigenvalue weighted by Crippen LogP contribution is 2.38. The Morgan fingerprint density at radius 3 is 2.62 bits per heavy atom. The summed E-state index contributed by atoms with van der Waals surface area (Å²) in [5.74, 6) is 0.616. The van der Waals surface area contributed by atoms with Gasteiger partial charge in [0.1, 0.15) is 5.01 Å². The summed E-state index contributed by atoms with van der Waals surface area (Å²) in [6.07, 6.45) is 0. The summed E-state index contributed by atoms with van der Waals surface area (Å²) in [7, 11) is 0. The van der Waals surface area contributed by atoms with E-state index in [1.807, 2.05) is 85.8 Å². The van der Waals surface area contributed by atoms with Gasteiger partial charge in [-0.2, -0.15) is 0 Å². The molecule has 0 fully saturated rings. The Labute approximate surface area is 193 Å². The molecule has 2 aromatic heterocycles. The van der Waals surface area contributed by atoms with E-state index < -0.39 is 0 Å². The van der Waals surface area contributed by atoms with Gasteiger partial charge in [0, 0.05) is 11.3 Å². The van der Waals surface area contributed by atoms with Gasteiger partial charge in [-0.1, -0.05) is 54.2 Å². The molecule has 0 radical (unpaired) electrons. The lowest BCUT2D eigenvalue weighted by atomic mass is 10.2. The molecule has 5 rings (SSSR count). The zero-order valence-electron chi connectivity index (χ0n) is 17.2. The highest BCUT2D eigenvalue weighted by atomic mass is 32.2. The van der Waals surface area contributed by atoms with Gasteiger partial charge in [-0.3, -0.25) is 4.79 Å². The van der Waals surface area contributed by atoms with Gasteiger partial charge in [0.15, 0.2) is 10.8 Å². The standard InChI is InChI=1S/C25H19N3O2S2/c1-16-8-7-11-18(14-16)26-21(29)15-31-25-22(24-27-19-12-5-6-13-20(19)32-24)28-23(30-25)17-9-3-2-4-10-17/h2-14H,15H2,1H3,(H,26,29). The molecule has 0 aliphatic rings. The second kappa shape index (κ2) is 8.98. The van der Waals surface area contributed by atoms with Crippen LogP contribution in [-0.4, -0.2) is 21.6 Å². The molecule has 7 heteroatoms. The summed E-state index contributed by atoms with van der Waals surface area (Å²) in [6.45, 7) is 1.99. The second-order valence-electron chi connectivity index (χ2n) is 7.21. The minimum Gasteiger partial charge on any atom is -0.429 e. The molecular weight excluding hydrogens is 438 g/mol. The number of rotatable bonds is 6. The maximum atomic E-state index is 12.6. The molecule has 0 aliphatic carbocycles. The molecule has 32 heavy (non-hydrogen) atoms. The predicted octanol–water partition coefficient (Wildman–Crippen LogP) is 6.66. The van der Waals surface area contributed by atoms with E-state index in [4.69, 9.17) is 14.4 Å². The highest BCUT2D eigenvalue weighted by molar-refractivity contribution is 8.00. The fourth-order valence-electron chi connectivity index (χ4n) is 3.27. The van der Waals surface area contributed by atoms with Gasteiger partial charge >= 0.3 is 0 Å². The van der Waals surface area contributed by atoms with Gasteiger partial charge in [-0.05, 0) is 48.9 Å². The van der Waals surface area contributed by atoms with Crippen LogP contribution in [-0.2, 0) is 4.79 Å². The fourth-order valence-corrected chi connectivity index (χ4v) is 5.04. The van der Waals surface area contributed by atoms with Gasteiger partial charge in [0.2, 0.25) is 11.8 Å². The van der Waals surface area contributed by atoms with E-state index in [9.17, 15) is 4.79 Å². The van der Waals surface area contributed by atoms with Crippen LogP contribution in [0.2, 0.25) is 0 Å². The lowest BCUT2D eigenvalue weighted by molar-refractivity contribution is -0.113. The third kappa shape index (κ3) is 4.44. The first-order valence-electron chi connectivity index (χ1n) is 10.1. The Morgan fingerprint density at radius 2 is 1.81 bits per heavy atom. The van der Waals surface area contributed by atoms with Gasteiger partial charge in [-0.25, -0.2) is 9.97 Å². The summed E-state index contributed by atoms with van der Waals surface area (Å²) >= 11 is 2.89. The molecule has 0 bridgehead atoms. The molecule has 158 valence electrons. The number of carbonyl (C=O) groups excluding carboxylic acids is 1. The van der Waals surface area contributed by atoms with Crippen molar-refractivity contribution in [1.29, 1.82) is 0 Å². The number of aryl methyl sites for hydroxylation is 1. The van der Waals surface area contributed by atoms with Crippen molar-refractivity contribution in [2.45, 2.75) is 12.0 Å². The van der Waals surface area contributed by atoms with Crippen molar-refractivity contribution in [3.05, 3.63) is 84.4 Å². The average Bonchev–Trinajstić information content (AvgIpc) is 3.42. The number of para-hydroxylation sites is 1.